The van der Waals surface area contributed by atoms with Crippen LogP contribution in [0.25, 0.3) is 0 Å². The fourth-order valence-electron chi connectivity index (χ4n) is 2.40. The van der Waals surface area contributed by atoms with Crippen molar-refractivity contribution in [1.29, 1.82) is 0 Å². The number of imidazole rings is 1. The third-order valence-corrected chi connectivity index (χ3v) is 3.50. The highest BCUT2D eigenvalue weighted by Gasteiger charge is 2.17. The Balaban J connectivity index is 1.80. The van der Waals surface area contributed by atoms with E-state index in [-0.39, 0.29) is 12.5 Å². The molecule has 3 aromatic rings. The Hall–Kier alpha value is -3.08. The topological polar surface area (TPSA) is 64.3 Å². The summed E-state index contributed by atoms with van der Waals surface area (Å²) < 4.78 is 7.54. The number of hydrogen-bond acceptors (Lipinski definition) is 3. The highest BCUT2D eigenvalue weighted by atomic mass is 16.5. The summed E-state index contributed by atoms with van der Waals surface area (Å²) in [6.07, 6.45) is 5.03. The summed E-state index contributed by atoms with van der Waals surface area (Å²) in [6, 6.07) is 16.7. The Morgan fingerprint density at radius 2 is 1.78 bits per heavy atom. The van der Waals surface area contributed by atoms with Gasteiger partial charge in [0.1, 0.15) is 11.5 Å². The van der Waals surface area contributed by atoms with Crippen LogP contribution < -0.4 is 4.74 Å². The number of benzene rings is 2. The molecule has 1 N–H and O–H groups in total. The Morgan fingerprint density at radius 1 is 1.09 bits per heavy atom. The highest BCUT2D eigenvalue weighted by molar-refractivity contribution is 5.68. The second-order valence-electron chi connectivity index (χ2n) is 5.11. The van der Waals surface area contributed by atoms with Crippen molar-refractivity contribution in [3.05, 3.63) is 78.9 Å². The summed E-state index contributed by atoms with van der Waals surface area (Å²) in [4.78, 5) is 15.1. The van der Waals surface area contributed by atoms with E-state index < -0.39 is 5.97 Å². The molecule has 23 heavy (non-hydrogen) atoms. The van der Waals surface area contributed by atoms with Crippen LogP contribution in [-0.4, -0.2) is 20.6 Å². The molecule has 1 heterocycles. The quantitative estimate of drug-likeness (QED) is 0.753. The van der Waals surface area contributed by atoms with E-state index in [9.17, 15) is 4.79 Å². The summed E-state index contributed by atoms with van der Waals surface area (Å²) in [7, 11) is 0. The van der Waals surface area contributed by atoms with Crippen LogP contribution in [-0.2, 0) is 4.79 Å². The van der Waals surface area contributed by atoms with Gasteiger partial charge in [0.2, 0.25) is 0 Å². The standard InChI is InChI=1S/C18H16N2O3/c21-18(22)12-17(20-11-10-19-13-20)14-6-8-16(9-7-14)23-15-4-2-1-3-5-15/h1-11,13,17H,12H2,(H,21,22). The molecule has 116 valence electrons. The predicted molar refractivity (Wildman–Crippen MR) is 85.6 cm³/mol. The van der Waals surface area contributed by atoms with Gasteiger partial charge < -0.3 is 14.4 Å². The maximum atomic E-state index is 11.1. The van der Waals surface area contributed by atoms with Crippen molar-refractivity contribution in [3.8, 4) is 11.5 Å². The largest absolute Gasteiger partial charge is 0.481 e. The number of ether oxygens (including phenoxy) is 1. The Labute approximate surface area is 133 Å². The molecule has 5 nitrogen and oxygen atoms in total. The van der Waals surface area contributed by atoms with Crippen molar-refractivity contribution >= 4 is 5.97 Å². The first-order valence-corrected chi connectivity index (χ1v) is 7.24. The molecule has 0 spiro atoms. The maximum Gasteiger partial charge on any atom is 0.305 e. The average molecular weight is 308 g/mol. The third kappa shape index (κ3) is 3.77. The minimum absolute atomic E-state index is 0.00471. The van der Waals surface area contributed by atoms with Gasteiger partial charge in [-0.05, 0) is 29.8 Å². The van der Waals surface area contributed by atoms with E-state index in [1.807, 2.05) is 54.6 Å². The molecule has 2 aromatic carbocycles. The first-order chi connectivity index (χ1) is 11.2. The maximum absolute atomic E-state index is 11.1. The number of para-hydroxylation sites is 1. The van der Waals surface area contributed by atoms with Crippen LogP contribution in [0.2, 0.25) is 0 Å². The molecule has 5 heteroatoms. The van der Waals surface area contributed by atoms with Crippen LogP contribution >= 0.6 is 0 Å². The van der Waals surface area contributed by atoms with Gasteiger partial charge in [-0.25, -0.2) is 4.98 Å². The number of carbonyl (C=O) groups is 1. The molecule has 3 rings (SSSR count). The molecule has 0 amide bonds. The second-order valence-corrected chi connectivity index (χ2v) is 5.11. The molecule has 0 fully saturated rings. The van der Waals surface area contributed by atoms with Crippen LogP contribution in [0.5, 0.6) is 11.5 Å². The summed E-state index contributed by atoms with van der Waals surface area (Å²) in [5, 5.41) is 9.14. The van der Waals surface area contributed by atoms with Gasteiger partial charge in [0, 0.05) is 12.4 Å². The van der Waals surface area contributed by atoms with E-state index in [4.69, 9.17) is 9.84 Å². The highest BCUT2D eigenvalue weighted by Crippen LogP contribution is 2.26. The minimum atomic E-state index is -0.853. The lowest BCUT2D eigenvalue weighted by atomic mass is 10.0. The van der Waals surface area contributed by atoms with Crippen molar-refractivity contribution in [2.24, 2.45) is 0 Å². The van der Waals surface area contributed by atoms with Crippen molar-refractivity contribution in [2.45, 2.75) is 12.5 Å². The Morgan fingerprint density at radius 3 is 2.39 bits per heavy atom. The minimum Gasteiger partial charge on any atom is -0.481 e. The predicted octanol–water partition coefficient (Wildman–Crippen LogP) is 3.74. The van der Waals surface area contributed by atoms with Crippen LogP contribution in [0.1, 0.15) is 18.0 Å². The van der Waals surface area contributed by atoms with E-state index in [2.05, 4.69) is 4.98 Å². The number of carboxylic acid groups (broad SMARTS) is 1. The second kappa shape index (κ2) is 6.79. The van der Waals surface area contributed by atoms with Gasteiger partial charge in [-0.2, -0.15) is 0 Å². The molecular formula is C18H16N2O3. The fraction of sp³-hybridized carbons (Fsp3) is 0.111. The first kappa shape index (κ1) is 14.8. The number of rotatable bonds is 6. The van der Waals surface area contributed by atoms with E-state index >= 15 is 0 Å². The lowest BCUT2D eigenvalue weighted by Gasteiger charge is -2.17. The van der Waals surface area contributed by atoms with Crippen molar-refractivity contribution < 1.29 is 14.6 Å². The monoisotopic (exact) mass is 308 g/mol. The molecule has 0 aliphatic carbocycles. The van der Waals surface area contributed by atoms with Gasteiger partial charge >= 0.3 is 5.97 Å². The summed E-state index contributed by atoms with van der Waals surface area (Å²) in [6.45, 7) is 0. The smallest absolute Gasteiger partial charge is 0.305 e. The van der Waals surface area contributed by atoms with E-state index in [1.165, 1.54) is 0 Å². The molecule has 1 atom stereocenters. The molecule has 0 saturated carbocycles. The van der Waals surface area contributed by atoms with Gasteiger partial charge in [0.25, 0.3) is 0 Å². The average Bonchev–Trinajstić information content (AvgIpc) is 3.08. The fourth-order valence-corrected chi connectivity index (χ4v) is 2.40. The van der Waals surface area contributed by atoms with Gasteiger partial charge in [0.15, 0.2) is 0 Å². The van der Waals surface area contributed by atoms with Crippen LogP contribution in [0.4, 0.5) is 0 Å². The molecule has 1 unspecified atom stereocenters. The lowest BCUT2D eigenvalue weighted by Crippen LogP contribution is -2.13. The zero-order valence-electron chi connectivity index (χ0n) is 12.4. The first-order valence-electron chi connectivity index (χ1n) is 7.24. The van der Waals surface area contributed by atoms with Crippen molar-refractivity contribution in [3.63, 3.8) is 0 Å². The molecule has 0 aliphatic heterocycles. The molecule has 0 aliphatic rings. The van der Waals surface area contributed by atoms with Crippen LogP contribution in [0.15, 0.2) is 73.3 Å². The Bertz CT molecular complexity index is 753. The summed E-state index contributed by atoms with van der Waals surface area (Å²) in [5.41, 5.74) is 0.894. The Kier molecular flexibility index (Phi) is 4.38. The molecule has 1 aromatic heterocycles. The van der Waals surface area contributed by atoms with Crippen molar-refractivity contribution in [2.75, 3.05) is 0 Å². The van der Waals surface area contributed by atoms with E-state index in [0.717, 1.165) is 11.3 Å². The van der Waals surface area contributed by atoms with Crippen LogP contribution in [0.3, 0.4) is 0 Å². The normalized spacial score (nSPS) is 11.8. The number of aromatic nitrogens is 2. The number of aliphatic carboxylic acids is 1. The van der Waals surface area contributed by atoms with Gasteiger partial charge in [-0.1, -0.05) is 30.3 Å². The zero-order chi connectivity index (χ0) is 16.1. The summed E-state index contributed by atoms with van der Waals surface area (Å²) >= 11 is 0. The molecular weight excluding hydrogens is 292 g/mol. The molecule has 0 bridgehead atoms. The van der Waals surface area contributed by atoms with Gasteiger partial charge in [-0.15, -0.1) is 0 Å². The summed E-state index contributed by atoms with van der Waals surface area (Å²) in [5.74, 6) is 0.616. The zero-order valence-corrected chi connectivity index (χ0v) is 12.4. The number of nitrogens with zero attached hydrogens (tertiary/aromatic N) is 2. The number of carboxylic acids is 1. The van der Waals surface area contributed by atoms with E-state index in [0.29, 0.717) is 5.75 Å². The SMILES string of the molecule is O=C(O)CC(c1ccc(Oc2ccccc2)cc1)n1ccnc1. The molecule has 0 saturated heterocycles. The van der Waals surface area contributed by atoms with E-state index in [1.54, 1.807) is 23.3 Å². The van der Waals surface area contributed by atoms with Gasteiger partial charge in [0.05, 0.1) is 18.8 Å². The van der Waals surface area contributed by atoms with Crippen LogP contribution in [0, 0.1) is 0 Å². The lowest BCUT2D eigenvalue weighted by molar-refractivity contribution is -0.137. The van der Waals surface area contributed by atoms with Gasteiger partial charge in [-0.3, -0.25) is 4.79 Å². The van der Waals surface area contributed by atoms with Crippen molar-refractivity contribution in [1.82, 2.24) is 9.55 Å². The molecule has 0 radical (unpaired) electrons. The number of hydrogen-bond donors (Lipinski definition) is 1. The third-order valence-electron chi connectivity index (χ3n) is 3.50.